The number of carbonyl (C=O) groups excluding carboxylic acids is 1. The van der Waals surface area contributed by atoms with Crippen LogP contribution in [0.25, 0.3) is 11.0 Å². The molecule has 3 rings (SSSR count). The molecule has 0 aliphatic rings. The SMILES string of the molecule is CCOc1ccc(Cl)cc1/C=N\NC(=O)c1cc2cc([N+](=O)[O-])ccc2o1. The molecule has 1 N–H and O–H groups in total. The molecule has 27 heavy (non-hydrogen) atoms. The van der Waals surface area contributed by atoms with E-state index in [9.17, 15) is 14.9 Å². The lowest BCUT2D eigenvalue weighted by molar-refractivity contribution is -0.384. The quantitative estimate of drug-likeness (QED) is 0.388. The average molecular weight is 388 g/mol. The van der Waals surface area contributed by atoms with Crippen molar-refractivity contribution >= 4 is 40.4 Å². The lowest BCUT2D eigenvalue weighted by atomic mass is 10.2. The predicted octanol–water partition coefficient (Wildman–Crippen LogP) is 4.16. The van der Waals surface area contributed by atoms with Gasteiger partial charge in [-0.25, -0.2) is 5.43 Å². The molecule has 138 valence electrons. The molecule has 3 aromatic rings. The first-order chi connectivity index (χ1) is 13.0. The van der Waals surface area contributed by atoms with Crippen molar-refractivity contribution in [3.63, 3.8) is 0 Å². The van der Waals surface area contributed by atoms with Gasteiger partial charge in [0.2, 0.25) is 0 Å². The molecule has 0 bridgehead atoms. The Balaban J connectivity index is 1.76. The van der Waals surface area contributed by atoms with E-state index in [4.69, 9.17) is 20.8 Å². The molecule has 0 aliphatic heterocycles. The predicted molar refractivity (Wildman–Crippen MR) is 101 cm³/mol. The summed E-state index contributed by atoms with van der Waals surface area (Å²) in [5.74, 6) is -0.0280. The van der Waals surface area contributed by atoms with Crippen molar-refractivity contribution in [1.82, 2.24) is 5.43 Å². The van der Waals surface area contributed by atoms with Crippen LogP contribution in [0.3, 0.4) is 0 Å². The summed E-state index contributed by atoms with van der Waals surface area (Å²) in [4.78, 5) is 22.5. The van der Waals surface area contributed by atoms with Gasteiger partial charge in [0.05, 0.1) is 17.7 Å². The summed E-state index contributed by atoms with van der Waals surface area (Å²) in [6.07, 6.45) is 1.41. The summed E-state index contributed by atoms with van der Waals surface area (Å²) >= 11 is 5.97. The third-order valence-corrected chi connectivity index (χ3v) is 3.81. The number of ether oxygens (including phenoxy) is 1. The van der Waals surface area contributed by atoms with Gasteiger partial charge in [0.1, 0.15) is 11.3 Å². The Morgan fingerprint density at radius 2 is 2.15 bits per heavy atom. The van der Waals surface area contributed by atoms with Crippen LogP contribution in [-0.2, 0) is 0 Å². The van der Waals surface area contributed by atoms with Crippen LogP contribution in [0.15, 0.2) is 52.0 Å². The minimum Gasteiger partial charge on any atom is -0.493 e. The number of carbonyl (C=O) groups is 1. The number of rotatable bonds is 6. The van der Waals surface area contributed by atoms with Crippen LogP contribution in [-0.4, -0.2) is 23.7 Å². The standard InChI is InChI=1S/C18H14ClN3O5/c1-2-26-15-5-3-13(19)7-12(15)10-20-21-18(23)17-9-11-8-14(22(24)25)4-6-16(11)27-17/h3-10H,2H2,1H3,(H,21,23)/b20-10-. The van der Waals surface area contributed by atoms with Crippen molar-refractivity contribution in [2.75, 3.05) is 6.61 Å². The molecule has 0 spiro atoms. The summed E-state index contributed by atoms with van der Waals surface area (Å²) < 4.78 is 10.9. The first-order valence-electron chi connectivity index (χ1n) is 7.91. The molecule has 0 unspecified atom stereocenters. The number of nitrogens with one attached hydrogen (secondary N) is 1. The highest BCUT2D eigenvalue weighted by molar-refractivity contribution is 6.30. The molecule has 1 heterocycles. The average Bonchev–Trinajstić information content (AvgIpc) is 3.07. The van der Waals surface area contributed by atoms with E-state index in [1.54, 1.807) is 18.2 Å². The lowest BCUT2D eigenvalue weighted by Gasteiger charge is -2.06. The minimum absolute atomic E-state index is 0.0150. The van der Waals surface area contributed by atoms with E-state index in [2.05, 4.69) is 10.5 Å². The highest BCUT2D eigenvalue weighted by atomic mass is 35.5. The molecule has 0 fully saturated rings. The first kappa shape index (κ1) is 18.4. The summed E-state index contributed by atoms with van der Waals surface area (Å²) in [5, 5.41) is 15.7. The fourth-order valence-corrected chi connectivity index (χ4v) is 2.56. The van der Waals surface area contributed by atoms with Crippen LogP contribution in [0.4, 0.5) is 5.69 Å². The fraction of sp³-hybridized carbons (Fsp3) is 0.111. The molecule has 0 atom stereocenters. The van der Waals surface area contributed by atoms with Crippen molar-refractivity contribution in [3.8, 4) is 5.75 Å². The van der Waals surface area contributed by atoms with Crippen molar-refractivity contribution in [2.45, 2.75) is 6.92 Å². The van der Waals surface area contributed by atoms with Gasteiger partial charge in [-0.3, -0.25) is 14.9 Å². The molecule has 9 heteroatoms. The fourth-order valence-electron chi connectivity index (χ4n) is 2.38. The maximum atomic E-state index is 12.2. The second-order valence-corrected chi connectivity index (χ2v) is 5.84. The van der Waals surface area contributed by atoms with Crippen LogP contribution in [0, 0.1) is 10.1 Å². The summed E-state index contributed by atoms with van der Waals surface area (Å²) in [5.41, 5.74) is 3.22. The number of furan rings is 1. The number of nitro groups is 1. The number of nitrogens with zero attached hydrogens (tertiary/aromatic N) is 2. The van der Waals surface area contributed by atoms with Gasteiger partial charge in [-0.2, -0.15) is 5.10 Å². The van der Waals surface area contributed by atoms with Gasteiger partial charge in [-0.05, 0) is 37.3 Å². The molecular weight excluding hydrogens is 374 g/mol. The van der Waals surface area contributed by atoms with Crippen molar-refractivity contribution in [3.05, 3.63) is 68.9 Å². The number of benzene rings is 2. The number of nitro benzene ring substituents is 1. The lowest BCUT2D eigenvalue weighted by Crippen LogP contribution is -2.16. The van der Waals surface area contributed by atoms with Gasteiger partial charge in [-0.1, -0.05) is 11.6 Å². The summed E-state index contributed by atoms with van der Waals surface area (Å²) in [7, 11) is 0. The van der Waals surface area contributed by atoms with Crippen molar-refractivity contribution < 1.29 is 18.9 Å². The Morgan fingerprint density at radius 1 is 1.33 bits per heavy atom. The number of hydrazone groups is 1. The molecule has 2 aromatic carbocycles. The topological polar surface area (TPSA) is 107 Å². The second kappa shape index (κ2) is 7.88. The monoisotopic (exact) mass is 387 g/mol. The van der Waals surface area contributed by atoms with Crippen molar-refractivity contribution in [1.29, 1.82) is 0 Å². The van der Waals surface area contributed by atoms with E-state index in [1.165, 1.54) is 30.5 Å². The highest BCUT2D eigenvalue weighted by Crippen LogP contribution is 2.24. The smallest absolute Gasteiger partial charge is 0.307 e. The zero-order valence-electron chi connectivity index (χ0n) is 14.1. The normalized spacial score (nSPS) is 11.0. The largest absolute Gasteiger partial charge is 0.493 e. The van der Waals surface area contributed by atoms with Crippen molar-refractivity contribution in [2.24, 2.45) is 5.10 Å². The highest BCUT2D eigenvalue weighted by Gasteiger charge is 2.14. The maximum absolute atomic E-state index is 12.2. The van der Waals surface area contributed by atoms with Gasteiger partial charge in [0.25, 0.3) is 5.69 Å². The minimum atomic E-state index is -0.593. The van der Waals surface area contributed by atoms with E-state index in [1.807, 2.05) is 6.92 Å². The molecule has 1 aromatic heterocycles. The van der Waals surface area contributed by atoms with Crippen LogP contribution in [0.1, 0.15) is 23.0 Å². The molecular formula is C18H14ClN3O5. The molecule has 0 aliphatic carbocycles. The molecule has 0 saturated heterocycles. The van der Waals surface area contributed by atoms with E-state index in [-0.39, 0.29) is 11.4 Å². The van der Waals surface area contributed by atoms with Gasteiger partial charge in [0.15, 0.2) is 5.76 Å². The number of hydrogen-bond acceptors (Lipinski definition) is 6. The third kappa shape index (κ3) is 4.24. The second-order valence-electron chi connectivity index (χ2n) is 5.40. The number of hydrogen-bond donors (Lipinski definition) is 1. The number of amides is 1. The molecule has 0 radical (unpaired) electrons. The van der Waals surface area contributed by atoms with E-state index in [0.29, 0.717) is 33.9 Å². The zero-order valence-corrected chi connectivity index (χ0v) is 14.9. The number of fused-ring (bicyclic) bond motifs is 1. The number of non-ortho nitro benzene ring substituents is 1. The van der Waals surface area contributed by atoms with E-state index >= 15 is 0 Å². The van der Waals surface area contributed by atoms with Gasteiger partial charge in [0, 0.05) is 28.1 Å². The van der Waals surface area contributed by atoms with Gasteiger partial charge < -0.3 is 9.15 Å². The van der Waals surface area contributed by atoms with Crippen LogP contribution in [0.2, 0.25) is 5.02 Å². The summed E-state index contributed by atoms with van der Waals surface area (Å²) in [6.45, 7) is 2.32. The Kier molecular flexibility index (Phi) is 5.37. The Morgan fingerprint density at radius 3 is 2.89 bits per heavy atom. The van der Waals surface area contributed by atoms with E-state index < -0.39 is 10.8 Å². The van der Waals surface area contributed by atoms with Crippen LogP contribution >= 0.6 is 11.6 Å². The Bertz CT molecular complexity index is 1040. The van der Waals surface area contributed by atoms with Gasteiger partial charge in [-0.15, -0.1) is 0 Å². The first-order valence-corrected chi connectivity index (χ1v) is 8.29. The van der Waals surface area contributed by atoms with Crippen LogP contribution in [0.5, 0.6) is 5.75 Å². The number of halogens is 1. The Labute approximate surface area is 158 Å². The molecule has 1 amide bonds. The molecule has 8 nitrogen and oxygen atoms in total. The van der Waals surface area contributed by atoms with Crippen LogP contribution < -0.4 is 10.2 Å². The third-order valence-electron chi connectivity index (χ3n) is 3.58. The summed E-state index contributed by atoms with van der Waals surface area (Å²) in [6, 6.07) is 10.5. The van der Waals surface area contributed by atoms with Gasteiger partial charge >= 0.3 is 5.91 Å². The zero-order chi connectivity index (χ0) is 19.4. The Hall–Kier alpha value is -3.39. The van der Waals surface area contributed by atoms with E-state index in [0.717, 1.165) is 0 Å². The molecule has 0 saturated carbocycles. The maximum Gasteiger partial charge on any atom is 0.307 e.